The smallest absolute Gasteiger partial charge is 0.255 e. The van der Waals surface area contributed by atoms with E-state index in [1.165, 1.54) is 0 Å². The van der Waals surface area contributed by atoms with Crippen molar-refractivity contribution in [3.8, 4) is 5.75 Å². The second-order valence-electron chi connectivity index (χ2n) is 12.3. The lowest BCUT2D eigenvalue weighted by Gasteiger charge is -2.29. The van der Waals surface area contributed by atoms with Crippen LogP contribution in [0.1, 0.15) is 81.5 Å². The van der Waals surface area contributed by atoms with E-state index in [1.807, 2.05) is 46.8 Å². The zero-order valence-electron chi connectivity index (χ0n) is 25.6. The van der Waals surface area contributed by atoms with Crippen molar-refractivity contribution >= 4 is 17.7 Å². The molecular formula is C32H42N6O5. The zero-order chi connectivity index (χ0) is 31.0. The minimum absolute atomic E-state index is 0.0174. The van der Waals surface area contributed by atoms with Gasteiger partial charge in [0.05, 0.1) is 5.56 Å². The molecule has 230 valence electrons. The summed E-state index contributed by atoms with van der Waals surface area (Å²) < 4.78 is 11.2. The molecule has 1 saturated heterocycles. The molecule has 0 radical (unpaired) electrons. The molecule has 3 amide bonds. The van der Waals surface area contributed by atoms with Crippen LogP contribution in [-0.4, -0.2) is 62.9 Å². The maximum atomic E-state index is 13.8. The van der Waals surface area contributed by atoms with Gasteiger partial charge in [-0.3, -0.25) is 19.4 Å². The Morgan fingerprint density at radius 1 is 1.14 bits per heavy atom. The molecule has 43 heavy (non-hydrogen) atoms. The van der Waals surface area contributed by atoms with Gasteiger partial charge in [0.15, 0.2) is 6.61 Å². The molecule has 0 spiro atoms. The average Bonchev–Trinajstić information content (AvgIpc) is 3.66. The minimum Gasteiger partial charge on any atom is -0.485 e. The predicted molar refractivity (Wildman–Crippen MR) is 160 cm³/mol. The van der Waals surface area contributed by atoms with Crippen LogP contribution >= 0.6 is 0 Å². The molecule has 0 aliphatic carbocycles. The van der Waals surface area contributed by atoms with E-state index in [4.69, 9.17) is 9.26 Å². The van der Waals surface area contributed by atoms with Gasteiger partial charge in [-0.05, 0) is 55.4 Å². The van der Waals surface area contributed by atoms with Crippen molar-refractivity contribution in [2.75, 3.05) is 13.1 Å². The lowest BCUT2D eigenvalue weighted by Crippen LogP contribution is -2.54. The lowest BCUT2D eigenvalue weighted by atomic mass is 9.97. The number of likely N-dealkylation sites (tertiary alicyclic amines) is 1. The SMILES string of the molecule is CC(C)CC(NC(=O)c1ccccc1OCc1noc(C(C)(C)C)n1)C(=O)N1CCCC1C(=O)NCCc1cccnc1. The molecule has 1 aromatic carbocycles. The van der Waals surface area contributed by atoms with Crippen LogP contribution in [0.2, 0.25) is 0 Å². The van der Waals surface area contributed by atoms with Crippen molar-refractivity contribution in [3.63, 3.8) is 0 Å². The first-order valence-electron chi connectivity index (χ1n) is 14.9. The fourth-order valence-corrected chi connectivity index (χ4v) is 4.97. The van der Waals surface area contributed by atoms with E-state index < -0.39 is 18.0 Å². The first kappa shape index (κ1) is 31.7. The third kappa shape index (κ3) is 8.62. The van der Waals surface area contributed by atoms with Crippen LogP contribution in [0.5, 0.6) is 5.75 Å². The van der Waals surface area contributed by atoms with Crippen LogP contribution < -0.4 is 15.4 Å². The summed E-state index contributed by atoms with van der Waals surface area (Å²) in [6, 6.07) is 9.28. The van der Waals surface area contributed by atoms with Gasteiger partial charge in [0.1, 0.15) is 17.8 Å². The second kappa shape index (κ2) is 14.3. The molecule has 2 unspecified atom stereocenters. The Labute approximate surface area is 252 Å². The van der Waals surface area contributed by atoms with Gasteiger partial charge in [-0.2, -0.15) is 4.98 Å². The van der Waals surface area contributed by atoms with E-state index in [-0.39, 0.29) is 35.3 Å². The van der Waals surface area contributed by atoms with Crippen LogP contribution in [-0.2, 0) is 28.0 Å². The molecule has 3 heterocycles. The highest BCUT2D eigenvalue weighted by Crippen LogP contribution is 2.24. The number of hydrogen-bond donors (Lipinski definition) is 2. The number of para-hydroxylation sites is 1. The third-order valence-electron chi connectivity index (χ3n) is 7.18. The summed E-state index contributed by atoms with van der Waals surface area (Å²) in [4.78, 5) is 50.5. The summed E-state index contributed by atoms with van der Waals surface area (Å²) in [7, 11) is 0. The van der Waals surface area contributed by atoms with E-state index in [9.17, 15) is 14.4 Å². The summed E-state index contributed by atoms with van der Waals surface area (Å²) in [5.41, 5.74) is 1.02. The van der Waals surface area contributed by atoms with Crippen molar-refractivity contribution in [2.24, 2.45) is 5.92 Å². The number of nitrogens with zero attached hydrogens (tertiary/aromatic N) is 4. The standard InChI is InChI=1S/C32H42N6O5/c1-21(2)18-24(30(41)38-17-9-12-25(38)29(40)34-16-14-22-10-8-15-33-19-22)35-28(39)23-11-6-7-13-26(23)42-20-27-36-31(43-37-27)32(3,4)5/h6-8,10-11,13,15,19,21,24-25H,9,12,14,16-18,20H2,1-5H3,(H,34,40)(H,35,39). The average molecular weight is 591 g/mol. The number of benzene rings is 1. The molecule has 1 fully saturated rings. The molecule has 0 saturated carbocycles. The van der Waals surface area contributed by atoms with Crippen molar-refractivity contribution < 1.29 is 23.6 Å². The quantitative estimate of drug-likeness (QED) is 0.324. The monoisotopic (exact) mass is 590 g/mol. The molecule has 1 aliphatic heterocycles. The molecule has 2 aromatic heterocycles. The van der Waals surface area contributed by atoms with Crippen molar-refractivity contribution in [1.29, 1.82) is 0 Å². The number of carbonyl (C=O) groups excluding carboxylic acids is 3. The second-order valence-corrected chi connectivity index (χ2v) is 12.3. The molecule has 2 atom stereocenters. The number of hydrogen-bond acceptors (Lipinski definition) is 8. The number of aromatic nitrogens is 3. The summed E-state index contributed by atoms with van der Waals surface area (Å²) in [6.45, 7) is 10.8. The van der Waals surface area contributed by atoms with Gasteiger partial charge >= 0.3 is 0 Å². The van der Waals surface area contributed by atoms with E-state index in [0.717, 1.165) is 12.0 Å². The summed E-state index contributed by atoms with van der Waals surface area (Å²) >= 11 is 0. The van der Waals surface area contributed by atoms with Crippen LogP contribution in [0.25, 0.3) is 0 Å². The zero-order valence-corrected chi connectivity index (χ0v) is 25.6. The molecule has 4 rings (SSSR count). The van der Waals surface area contributed by atoms with Gasteiger partial charge in [-0.1, -0.05) is 58.0 Å². The maximum absolute atomic E-state index is 13.8. The van der Waals surface area contributed by atoms with Crippen LogP contribution in [0.15, 0.2) is 53.3 Å². The Morgan fingerprint density at radius 2 is 1.93 bits per heavy atom. The number of amides is 3. The Kier molecular flexibility index (Phi) is 10.5. The molecule has 11 heteroatoms. The number of ether oxygens (including phenoxy) is 1. The highest BCUT2D eigenvalue weighted by molar-refractivity contribution is 6.00. The first-order chi connectivity index (χ1) is 20.5. The molecule has 0 bridgehead atoms. The highest BCUT2D eigenvalue weighted by Gasteiger charge is 2.38. The van der Waals surface area contributed by atoms with Gasteiger partial charge in [-0.25, -0.2) is 0 Å². The summed E-state index contributed by atoms with van der Waals surface area (Å²) in [5.74, 6) is 0.456. The topological polar surface area (TPSA) is 140 Å². The Balaban J connectivity index is 1.41. The first-order valence-corrected chi connectivity index (χ1v) is 14.9. The van der Waals surface area contributed by atoms with E-state index in [1.54, 1.807) is 41.6 Å². The maximum Gasteiger partial charge on any atom is 0.255 e. The largest absolute Gasteiger partial charge is 0.485 e. The van der Waals surface area contributed by atoms with Crippen molar-refractivity contribution in [2.45, 2.75) is 84.4 Å². The summed E-state index contributed by atoms with van der Waals surface area (Å²) in [5, 5.41) is 9.88. The number of carbonyl (C=O) groups is 3. The van der Waals surface area contributed by atoms with E-state index in [2.05, 4.69) is 25.8 Å². The van der Waals surface area contributed by atoms with E-state index in [0.29, 0.717) is 49.8 Å². The molecule has 3 aromatic rings. The normalized spacial score (nSPS) is 15.8. The third-order valence-corrected chi connectivity index (χ3v) is 7.18. The van der Waals surface area contributed by atoms with Crippen molar-refractivity contribution in [3.05, 3.63) is 71.6 Å². The van der Waals surface area contributed by atoms with Gasteiger partial charge in [0.2, 0.25) is 23.5 Å². The number of pyridine rings is 1. The van der Waals surface area contributed by atoms with Gasteiger partial charge < -0.3 is 24.8 Å². The molecular weight excluding hydrogens is 548 g/mol. The molecule has 2 N–H and O–H groups in total. The molecule has 11 nitrogen and oxygen atoms in total. The number of nitrogens with one attached hydrogen (secondary N) is 2. The Bertz CT molecular complexity index is 1380. The van der Waals surface area contributed by atoms with Crippen LogP contribution in [0.4, 0.5) is 0 Å². The number of rotatable bonds is 12. The van der Waals surface area contributed by atoms with Gasteiger partial charge in [0, 0.05) is 30.9 Å². The van der Waals surface area contributed by atoms with Gasteiger partial charge in [-0.15, -0.1) is 0 Å². The summed E-state index contributed by atoms with van der Waals surface area (Å²) in [6.07, 6.45) is 5.86. The Hall–Kier alpha value is -4.28. The highest BCUT2D eigenvalue weighted by atomic mass is 16.5. The molecule has 1 aliphatic rings. The van der Waals surface area contributed by atoms with Crippen molar-refractivity contribution in [1.82, 2.24) is 30.7 Å². The fraction of sp³-hybridized carbons (Fsp3) is 0.500. The lowest BCUT2D eigenvalue weighted by molar-refractivity contribution is -0.140. The van der Waals surface area contributed by atoms with Crippen LogP contribution in [0.3, 0.4) is 0 Å². The fourth-order valence-electron chi connectivity index (χ4n) is 4.97. The predicted octanol–water partition coefficient (Wildman–Crippen LogP) is 3.84. The minimum atomic E-state index is -0.795. The van der Waals surface area contributed by atoms with Crippen LogP contribution in [0, 0.1) is 5.92 Å². The Morgan fingerprint density at radius 3 is 2.63 bits per heavy atom. The van der Waals surface area contributed by atoms with E-state index >= 15 is 0 Å². The van der Waals surface area contributed by atoms with Gasteiger partial charge in [0.25, 0.3) is 5.91 Å².